The Morgan fingerprint density at radius 1 is 1.55 bits per heavy atom. The third-order valence-electron chi connectivity index (χ3n) is 1.36. The van der Waals surface area contributed by atoms with Crippen LogP contribution < -0.4 is 5.73 Å². The SMILES string of the molecule is CCc1nc(Br)c(N)cc1Br. The molecule has 0 saturated carbocycles. The zero-order valence-corrected chi connectivity index (χ0v) is 9.24. The van der Waals surface area contributed by atoms with Crippen molar-refractivity contribution in [2.45, 2.75) is 13.3 Å². The molecule has 2 N–H and O–H groups in total. The number of rotatable bonds is 1. The number of nitrogen functional groups attached to an aromatic ring is 1. The molecule has 4 heteroatoms. The molecule has 60 valence electrons. The minimum absolute atomic E-state index is 0.661. The maximum Gasteiger partial charge on any atom is 0.129 e. The maximum atomic E-state index is 5.60. The first-order chi connectivity index (χ1) is 5.15. The summed E-state index contributed by atoms with van der Waals surface area (Å²) in [5, 5.41) is 0. The first-order valence-electron chi connectivity index (χ1n) is 3.25. The topological polar surface area (TPSA) is 38.9 Å². The maximum absolute atomic E-state index is 5.60. The molecule has 1 aromatic heterocycles. The van der Waals surface area contributed by atoms with E-state index < -0.39 is 0 Å². The van der Waals surface area contributed by atoms with Gasteiger partial charge in [0.1, 0.15) is 4.60 Å². The van der Waals surface area contributed by atoms with Gasteiger partial charge in [-0.25, -0.2) is 4.98 Å². The van der Waals surface area contributed by atoms with E-state index in [1.54, 1.807) is 0 Å². The molecule has 0 bridgehead atoms. The molecule has 0 aliphatic carbocycles. The standard InChI is InChI=1S/C7H8Br2N2/c1-2-6-4(8)3-5(10)7(9)11-6/h3H,2,10H2,1H3. The summed E-state index contributed by atoms with van der Waals surface area (Å²) >= 11 is 6.64. The van der Waals surface area contributed by atoms with Crippen LogP contribution in [0.1, 0.15) is 12.6 Å². The van der Waals surface area contributed by atoms with Gasteiger partial charge >= 0.3 is 0 Å². The summed E-state index contributed by atoms with van der Waals surface area (Å²) in [6.07, 6.45) is 0.902. The molecule has 0 aromatic carbocycles. The van der Waals surface area contributed by atoms with Crippen LogP contribution in [-0.4, -0.2) is 4.98 Å². The van der Waals surface area contributed by atoms with E-state index in [-0.39, 0.29) is 0 Å². The van der Waals surface area contributed by atoms with Gasteiger partial charge in [0.2, 0.25) is 0 Å². The molecule has 1 heterocycles. The highest BCUT2D eigenvalue weighted by Crippen LogP contribution is 2.24. The van der Waals surface area contributed by atoms with Gasteiger partial charge in [0.05, 0.1) is 11.4 Å². The fourth-order valence-electron chi connectivity index (χ4n) is 0.764. The average molecular weight is 280 g/mol. The van der Waals surface area contributed by atoms with Crippen LogP contribution in [0, 0.1) is 0 Å². The summed E-state index contributed by atoms with van der Waals surface area (Å²) in [6.45, 7) is 2.05. The second-order valence-corrected chi connectivity index (χ2v) is 3.76. The lowest BCUT2D eigenvalue weighted by Gasteiger charge is -2.02. The minimum atomic E-state index is 0.661. The van der Waals surface area contributed by atoms with Gasteiger partial charge < -0.3 is 5.73 Å². The lowest BCUT2D eigenvalue weighted by atomic mass is 10.3. The summed E-state index contributed by atoms with van der Waals surface area (Å²) in [6, 6.07) is 1.86. The van der Waals surface area contributed by atoms with Gasteiger partial charge in [0.15, 0.2) is 0 Å². The van der Waals surface area contributed by atoms with E-state index in [1.807, 2.05) is 6.07 Å². The van der Waals surface area contributed by atoms with Crippen molar-refractivity contribution >= 4 is 37.5 Å². The van der Waals surface area contributed by atoms with E-state index >= 15 is 0 Å². The fourth-order valence-corrected chi connectivity index (χ4v) is 1.71. The van der Waals surface area contributed by atoms with Crippen molar-refractivity contribution in [3.05, 3.63) is 20.8 Å². The number of nitrogens with zero attached hydrogens (tertiary/aromatic N) is 1. The van der Waals surface area contributed by atoms with Crippen LogP contribution in [0.25, 0.3) is 0 Å². The Balaban J connectivity index is 3.21. The smallest absolute Gasteiger partial charge is 0.129 e. The highest BCUT2D eigenvalue weighted by atomic mass is 79.9. The Hall–Kier alpha value is -0.0900. The first kappa shape index (κ1) is 9.00. The van der Waals surface area contributed by atoms with Gasteiger partial charge in [0.25, 0.3) is 0 Å². The molecular weight excluding hydrogens is 272 g/mol. The van der Waals surface area contributed by atoms with Gasteiger partial charge in [-0.15, -0.1) is 0 Å². The highest BCUT2D eigenvalue weighted by molar-refractivity contribution is 9.11. The van der Waals surface area contributed by atoms with Crippen molar-refractivity contribution in [3.63, 3.8) is 0 Å². The molecule has 1 aromatic rings. The number of anilines is 1. The largest absolute Gasteiger partial charge is 0.397 e. The zero-order chi connectivity index (χ0) is 8.43. The van der Waals surface area contributed by atoms with E-state index in [4.69, 9.17) is 5.73 Å². The Morgan fingerprint density at radius 3 is 2.73 bits per heavy atom. The van der Waals surface area contributed by atoms with Crippen LogP contribution in [0.3, 0.4) is 0 Å². The van der Waals surface area contributed by atoms with Crippen LogP contribution in [0.2, 0.25) is 0 Å². The lowest BCUT2D eigenvalue weighted by Crippen LogP contribution is -1.95. The van der Waals surface area contributed by atoms with Crippen LogP contribution in [0.15, 0.2) is 15.1 Å². The van der Waals surface area contributed by atoms with E-state index in [0.29, 0.717) is 5.69 Å². The summed E-state index contributed by atoms with van der Waals surface area (Å²) in [7, 11) is 0. The Bertz CT molecular complexity index is 273. The molecule has 0 saturated heterocycles. The second-order valence-electron chi connectivity index (χ2n) is 2.15. The van der Waals surface area contributed by atoms with Crippen molar-refractivity contribution in [3.8, 4) is 0 Å². The number of nitrogens with two attached hydrogens (primary N) is 1. The quantitative estimate of drug-likeness (QED) is 0.803. The Kier molecular flexibility index (Phi) is 2.90. The Labute approximate surface area is 82.5 Å². The van der Waals surface area contributed by atoms with Crippen LogP contribution in [0.4, 0.5) is 5.69 Å². The second kappa shape index (κ2) is 3.54. The minimum Gasteiger partial charge on any atom is -0.397 e. The monoisotopic (exact) mass is 278 g/mol. The average Bonchev–Trinajstić information content (AvgIpc) is 1.97. The number of pyridine rings is 1. The predicted octanol–water partition coefficient (Wildman–Crippen LogP) is 2.75. The van der Waals surface area contributed by atoms with Crippen molar-refractivity contribution in [1.29, 1.82) is 0 Å². The number of hydrogen-bond acceptors (Lipinski definition) is 2. The van der Waals surface area contributed by atoms with Crippen molar-refractivity contribution < 1.29 is 0 Å². The van der Waals surface area contributed by atoms with E-state index in [0.717, 1.165) is 21.2 Å². The molecule has 0 aliphatic rings. The first-order valence-corrected chi connectivity index (χ1v) is 4.84. The van der Waals surface area contributed by atoms with Crippen LogP contribution in [-0.2, 0) is 6.42 Å². The third kappa shape index (κ3) is 1.93. The molecule has 0 atom stereocenters. The number of aromatic nitrogens is 1. The molecule has 11 heavy (non-hydrogen) atoms. The molecule has 0 fully saturated rings. The molecule has 1 rings (SSSR count). The molecular formula is C7H8Br2N2. The summed E-state index contributed by atoms with van der Waals surface area (Å²) < 4.78 is 1.69. The van der Waals surface area contributed by atoms with Crippen molar-refractivity contribution in [1.82, 2.24) is 4.98 Å². The van der Waals surface area contributed by atoms with Crippen LogP contribution in [0.5, 0.6) is 0 Å². The molecule has 0 spiro atoms. The van der Waals surface area contributed by atoms with E-state index in [9.17, 15) is 0 Å². The summed E-state index contributed by atoms with van der Waals surface area (Å²) in [4.78, 5) is 4.24. The Morgan fingerprint density at radius 2 is 2.18 bits per heavy atom. The normalized spacial score (nSPS) is 10.1. The van der Waals surface area contributed by atoms with Gasteiger partial charge in [-0.1, -0.05) is 6.92 Å². The third-order valence-corrected chi connectivity index (χ3v) is 2.69. The molecule has 2 nitrogen and oxygen atoms in total. The molecule has 0 radical (unpaired) electrons. The van der Waals surface area contributed by atoms with Crippen molar-refractivity contribution in [2.75, 3.05) is 5.73 Å². The number of hydrogen-bond donors (Lipinski definition) is 1. The number of aryl methyl sites for hydroxylation is 1. The molecule has 0 aliphatic heterocycles. The van der Waals surface area contributed by atoms with Gasteiger partial charge in [0, 0.05) is 4.47 Å². The van der Waals surface area contributed by atoms with Crippen molar-refractivity contribution in [2.24, 2.45) is 0 Å². The molecule has 0 amide bonds. The number of halogens is 2. The van der Waals surface area contributed by atoms with Gasteiger partial charge in [-0.2, -0.15) is 0 Å². The van der Waals surface area contributed by atoms with Gasteiger partial charge in [-0.3, -0.25) is 0 Å². The summed E-state index contributed by atoms with van der Waals surface area (Å²) in [5.41, 5.74) is 7.29. The summed E-state index contributed by atoms with van der Waals surface area (Å²) in [5.74, 6) is 0. The van der Waals surface area contributed by atoms with Gasteiger partial charge in [-0.05, 0) is 44.3 Å². The lowest BCUT2D eigenvalue weighted by molar-refractivity contribution is 1.01. The van der Waals surface area contributed by atoms with Crippen LogP contribution >= 0.6 is 31.9 Å². The fraction of sp³-hybridized carbons (Fsp3) is 0.286. The molecule has 0 unspecified atom stereocenters. The highest BCUT2D eigenvalue weighted by Gasteiger charge is 2.03. The zero-order valence-electron chi connectivity index (χ0n) is 6.06. The predicted molar refractivity (Wildman–Crippen MR) is 53.4 cm³/mol. The van der Waals surface area contributed by atoms with E-state index in [2.05, 4.69) is 43.8 Å². The van der Waals surface area contributed by atoms with E-state index in [1.165, 1.54) is 0 Å².